The van der Waals surface area contributed by atoms with E-state index in [9.17, 15) is 14.7 Å². The highest BCUT2D eigenvalue weighted by Gasteiger charge is 2.46. The number of nitrogens with zero attached hydrogens (tertiary/aromatic N) is 2. The molecular formula is C27H24N2O5. The van der Waals surface area contributed by atoms with Gasteiger partial charge in [0, 0.05) is 11.8 Å². The van der Waals surface area contributed by atoms with Crippen LogP contribution in [-0.4, -0.2) is 40.4 Å². The Morgan fingerprint density at radius 1 is 1.15 bits per heavy atom. The van der Waals surface area contributed by atoms with Crippen LogP contribution in [0, 0.1) is 0 Å². The quantitative estimate of drug-likeness (QED) is 0.354. The van der Waals surface area contributed by atoms with Crippen molar-refractivity contribution in [1.82, 2.24) is 9.88 Å². The molecule has 0 spiro atoms. The van der Waals surface area contributed by atoms with Crippen LogP contribution in [0.25, 0.3) is 5.76 Å². The molecule has 2 aromatic carbocycles. The molecule has 172 valence electrons. The van der Waals surface area contributed by atoms with Gasteiger partial charge in [0.05, 0.1) is 37.6 Å². The van der Waals surface area contributed by atoms with E-state index in [1.165, 1.54) is 4.90 Å². The zero-order chi connectivity index (χ0) is 23.7. The molecule has 1 unspecified atom stereocenters. The van der Waals surface area contributed by atoms with Crippen molar-refractivity contribution in [1.29, 1.82) is 0 Å². The maximum atomic E-state index is 13.2. The second-order valence-electron chi connectivity index (χ2n) is 8.30. The highest BCUT2D eigenvalue weighted by atomic mass is 16.5. The number of aryl methyl sites for hydroxylation is 1. The molecule has 3 heterocycles. The molecule has 7 nitrogen and oxygen atoms in total. The minimum Gasteiger partial charge on any atom is -0.507 e. The molecule has 34 heavy (non-hydrogen) atoms. The van der Waals surface area contributed by atoms with Crippen LogP contribution < -0.4 is 9.47 Å². The van der Waals surface area contributed by atoms with Crippen LogP contribution in [0.3, 0.4) is 0 Å². The van der Waals surface area contributed by atoms with E-state index in [0.29, 0.717) is 29.2 Å². The van der Waals surface area contributed by atoms with Crippen molar-refractivity contribution in [3.63, 3.8) is 0 Å². The van der Waals surface area contributed by atoms with Gasteiger partial charge in [-0.25, -0.2) is 0 Å². The smallest absolute Gasteiger partial charge is 0.296 e. The average molecular weight is 456 g/mol. The molecule has 7 heteroatoms. The van der Waals surface area contributed by atoms with Crippen molar-refractivity contribution in [3.05, 3.63) is 94.8 Å². The number of aromatic nitrogens is 1. The molecule has 1 aromatic heterocycles. The molecule has 3 aromatic rings. The number of ether oxygens (including phenoxy) is 2. The first-order chi connectivity index (χ1) is 16.6. The summed E-state index contributed by atoms with van der Waals surface area (Å²) in [7, 11) is 1.57. The number of hydrogen-bond acceptors (Lipinski definition) is 6. The van der Waals surface area contributed by atoms with E-state index >= 15 is 0 Å². The second-order valence-corrected chi connectivity index (χ2v) is 8.30. The maximum absolute atomic E-state index is 13.2. The van der Waals surface area contributed by atoms with Gasteiger partial charge in [0.15, 0.2) is 0 Å². The van der Waals surface area contributed by atoms with Gasteiger partial charge in [-0.15, -0.1) is 0 Å². The normalized spacial score (nSPS) is 19.0. The van der Waals surface area contributed by atoms with Gasteiger partial charge in [0.2, 0.25) is 0 Å². The number of Topliss-reactive ketones (excluding diaryl/α,β-unsaturated/α-hetero) is 1. The number of hydrogen-bond donors (Lipinski definition) is 1. The number of rotatable bonds is 5. The Balaban J connectivity index is 1.62. The number of aliphatic hydroxyl groups excluding tert-OH is 1. The Labute approximate surface area is 197 Å². The van der Waals surface area contributed by atoms with Gasteiger partial charge in [-0.05, 0) is 66.4 Å². The molecule has 2 aliphatic rings. The highest BCUT2D eigenvalue weighted by Crippen LogP contribution is 2.41. The van der Waals surface area contributed by atoms with Crippen LogP contribution in [0.5, 0.6) is 11.5 Å². The monoisotopic (exact) mass is 456 g/mol. The van der Waals surface area contributed by atoms with Crippen molar-refractivity contribution in [2.24, 2.45) is 0 Å². The zero-order valence-electron chi connectivity index (χ0n) is 18.7. The number of aliphatic hydroxyl groups is 1. The molecule has 0 saturated carbocycles. The predicted octanol–water partition coefficient (Wildman–Crippen LogP) is 4.04. The summed E-state index contributed by atoms with van der Waals surface area (Å²) in [5.74, 6) is -0.154. The van der Waals surface area contributed by atoms with Gasteiger partial charge >= 0.3 is 0 Å². The lowest BCUT2D eigenvalue weighted by Crippen LogP contribution is -2.29. The summed E-state index contributed by atoms with van der Waals surface area (Å²) < 4.78 is 10.9. The first kappa shape index (κ1) is 21.7. The van der Waals surface area contributed by atoms with Crippen molar-refractivity contribution >= 4 is 17.4 Å². The number of methoxy groups -OCH3 is 1. The third-order valence-corrected chi connectivity index (χ3v) is 6.21. The number of likely N-dealkylation sites (tertiary alicyclic amines) is 1. The van der Waals surface area contributed by atoms with Crippen LogP contribution in [0.15, 0.2) is 72.4 Å². The summed E-state index contributed by atoms with van der Waals surface area (Å²) >= 11 is 0. The first-order valence-electron chi connectivity index (χ1n) is 11.1. The van der Waals surface area contributed by atoms with Crippen molar-refractivity contribution in [2.45, 2.75) is 25.4 Å². The fourth-order valence-electron chi connectivity index (χ4n) is 4.51. The van der Waals surface area contributed by atoms with E-state index in [1.807, 2.05) is 12.1 Å². The number of amides is 1. The zero-order valence-corrected chi connectivity index (χ0v) is 18.7. The Morgan fingerprint density at radius 3 is 2.71 bits per heavy atom. The summed E-state index contributed by atoms with van der Waals surface area (Å²) in [5.41, 5.74) is 2.85. The number of carbonyl (C=O) groups excluding carboxylic acids is 2. The van der Waals surface area contributed by atoms with Gasteiger partial charge in [-0.1, -0.05) is 18.2 Å². The van der Waals surface area contributed by atoms with E-state index in [0.717, 1.165) is 24.2 Å². The van der Waals surface area contributed by atoms with Crippen molar-refractivity contribution in [3.8, 4) is 11.5 Å². The number of fused-ring (bicyclic) bond motifs is 1. The largest absolute Gasteiger partial charge is 0.507 e. The first-order valence-corrected chi connectivity index (χ1v) is 11.1. The highest BCUT2D eigenvalue weighted by molar-refractivity contribution is 6.46. The predicted molar refractivity (Wildman–Crippen MR) is 125 cm³/mol. The molecule has 1 fully saturated rings. The SMILES string of the molecule is COc1ccc(C2/C(=C(/O)c3ccc4c(c3)CCCO4)C(=O)C(=O)N2Cc2ccccn2)cc1. The van der Waals surface area contributed by atoms with Gasteiger partial charge in [-0.3, -0.25) is 14.6 Å². The van der Waals surface area contributed by atoms with E-state index in [2.05, 4.69) is 4.98 Å². The van der Waals surface area contributed by atoms with Crippen LogP contribution in [0.2, 0.25) is 0 Å². The van der Waals surface area contributed by atoms with E-state index in [1.54, 1.807) is 61.8 Å². The maximum Gasteiger partial charge on any atom is 0.296 e. The standard InChI is InChI=1S/C27H24N2O5/c1-33-21-10-7-17(8-11-21)24-23(25(30)19-9-12-22-18(15-19)5-4-14-34-22)26(31)27(32)29(24)16-20-6-2-3-13-28-20/h2-3,6-13,15,24,30H,4-5,14,16H2,1H3/b25-23-. The molecule has 0 bridgehead atoms. The third-order valence-electron chi connectivity index (χ3n) is 6.21. The molecule has 1 atom stereocenters. The van der Waals surface area contributed by atoms with E-state index < -0.39 is 17.7 Å². The van der Waals surface area contributed by atoms with Gasteiger partial charge in [0.25, 0.3) is 11.7 Å². The minimum absolute atomic E-state index is 0.0581. The Bertz CT molecular complexity index is 1270. The van der Waals surface area contributed by atoms with Crippen LogP contribution >= 0.6 is 0 Å². The molecule has 2 aliphatic heterocycles. The Morgan fingerprint density at radius 2 is 1.97 bits per heavy atom. The number of benzene rings is 2. The Hall–Kier alpha value is -4.13. The van der Waals surface area contributed by atoms with Gasteiger partial charge in [-0.2, -0.15) is 0 Å². The Kier molecular flexibility index (Phi) is 5.76. The average Bonchev–Trinajstić information content (AvgIpc) is 3.13. The fourth-order valence-corrected chi connectivity index (χ4v) is 4.51. The lowest BCUT2D eigenvalue weighted by Gasteiger charge is -2.25. The molecule has 0 radical (unpaired) electrons. The lowest BCUT2D eigenvalue weighted by atomic mass is 9.94. The summed E-state index contributed by atoms with van der Waals surface area (Å²) in [6.45, 7) is 0.797. The van der Waals surface area contributed by atoms with Crippen LogP contribution in [0.1, 0.15) is 34.8 Å². The van der Waals surface area contributed by atoms with Crippen LogP contribution in [0.4, 0.5) is 0 Å². The molecule has 1 amide bonds. The molecule has 1 saturated heterocycles. The van der Waals surface area contributed by atoms with E-state index in [4.69, 9.17) is 9.47 Å². The summed E-state index contributed by atoms with van der Waals surface area (Å²) in [6, 6.07) is 17.2. The summed E-state index contributed by atoms with van der Waals surface area (Å²) in [6.07, 6.45) is 3.35. The van der Waals surface area contributed by atoms with Gasteiger partial charge < -0.3 is 19.5 Å². The van der Waals surface area contributed by atoms with Gasteiger partial charge in [0.1, 0.15) is 17.3 Å². The fraction of sp³-hybridized carbons (Fsp3) is 0.222. The topological polar surface area (TPSA) is 89.0 Å². The second kappa shape index (κ2) is 9.02. The summed E-state index contributed by atoms with van der Waals surface area (Å²) in [4.78, 5) is 32.2. The summed E-state index contributed by atoms with van der Waals surface area (Å²) in [5, 5.41) is 11.3. The van der Waals surface area contributed by atoms with Crippen molar-refractivity contribution in [2.75, 3.05) is 13.7 Å². The number of ketones is 1. The number of carbonyl (C=O) groups is 2. The van der Waals surface area contributed by atoms with Crippen LogP contribution in [-0.2, 0) is 22.6 Å². The molecular weight excluding hydrogens is 432 g/mol. The lowest BCUT2D eigenvalue weighted by molar-refractivity contribution is -0.140. The minimum atomic E-state index is -0.764. The molecule has 5 rings (SSSR count). The number of pyridine rings is 1. The molecule has 0 aliphatic carbocycles. The molecule has 1 N–H and O–H groups in total. The van der Waals surface area contributed by atoms with E-state index in [-0.39, 0.29) is 17.9 Å². The third kappa shape index (κ3) is 3.90. The van der Waals surface area contributed by atoms with Crippen molar-refractivity contribution < 1.29 is 24.2 Å².